The molecule has 1 N–H and O–H groups in total. The molecule has 86 valence electrons. The molecule has 4 nitrogen and oxygen atoms in total. The molecule has 16 heavy (non-hydrogen) atoms. The highest BCUT2D eigenvalue weighted by atomic mass is 16.5. The number of nitrogens with zero attached hydrogens (tertiary/aromatic N) is 1. The van der Waals surface area contributed by atoms with Gasteiger partial charge in [-0.1, -0.05) is 11.6 Å². The van der Waals surface area contributed by atoms with Crippen LogP contribution >= 0.6 is 0 Å². The third-order valence-electron chi connectivity index (χ3n) is 3.95. The van der Waals surface area contributed by atoms with E-state index in [9.17, 15) is 4.79 Å². The summed E-state index contributed by atoms with van der Waals surface area (Å²) in [7, 11) is 0. The lowest BCUT2D eigenvalue weighted by atomic mass is 9.88. The van der Waals surface area contributed by atoms with Crippen molar-refractivity contribution in [3.05, 3.63) is 11.8 Å². The van der Waals surface area contributed by atoms with E-state index in [1.165, 1.54) is 19.3 Å². The van der Waals surface area contributed by atoms with Crippen molar-refractivity contribution < 1.29 is 9.32 Å². The molecule has 3 rings (SSSR count). The van der Waals surface area contributed by atoms with Crippen LogP contribution in [0.15, 0.2) is 10.6 Å². The predicted octanol–water partition coefficient (Wildman–Crippen LogP) is 2.36. The molecule has 1 aromatic heterocycles. The number of rotatable bonds is 2. The normalized spacial score (nSPS) is 31.9. The summed E-state index contributed by atoms with van der Waals surface area (Å²) in [5.74, 6) is 3.00. The lowest BCUT2D eigenvalue weighted by molar-refractivity contribution is -0.121. The van der Waals surface area contributed by atoms with Crippen molar-refractivity contribution in [1.29, 1.82) is 0 Å². The van der Waals surface area contributed by atoms with Crippen molar-refractivity contribution in [2.75, 3.05) is 5.32 Å². The third-order valence-corrected chi connectivity index (χ3v) is 3.95. The second-order valence-corrected chi connectivity index (χ2v) is 5.09. The molecule has 3 atom stereocenters. The lowest BCUT2D eigenvalue weighted by Crippen LogP contribution is -2.27. The number of hydrogen-bond donors (Lipinski definition) is 1. The summed E-state index contributed by atoms with van der Waals surface area (Å²) in [6.45, 7) is 1.82. The first-order valence-corrected chi connectivity index (χ1v) is 5.96. The minimum absolute atomic E-state index is 0.125. The summed E-state index contributed by atoms with van der Waals surface area (Å²) in [4.78, 5) is 12.0. The minimum atomic E-state index is 0.125. The van der Waals surface area contributed by atoms with Gasteiger partial charge in [0.1, 0.15) is 5.76 Å². The van der Waals surface area contributed by atoms with Crippen LogP contribution in [0, 0.1) is 24.7 Å². The minimum Gasteiger partial charge on any atom is -0.360 e. The molecule has 2 saturated carbocycles. The van der Waals surface area contributed by atoms with Gasteiger partial charge < -0.3 is 9.84 Å². The SMILES string of the molecule is Cc1cc(NC(=O)C2CC3CCC2C3)no1. The molecule has 1 aromatic rings. The quantitative estimate of drug-likeness (QED) is 0.832. The van der Waals surface area contributed by atoms with E-state index in [1.807, 2.05) is 6.92 Å². The van der Waals surface area contributed by atoms with Crippen LogP contribution in [0.4, 0.5) is 5.82 Å². The molecular formula is C12H16N2O2. The van der Waals surface area contributed by atoms with E-state index in [0.717, 1.165) is 18.1 Å². The van der Waals surface area contributed by atoms with Crippen molar-refractivity contribution in [1.82, 2.24) is 5.16 Å². The number of carbonyl (C=O) groups is 1. The van der Waals surface area contributed by atoms with Gasteiger partial charge in [0.2, 0.25) is 5.91 Å². The monoisotopic (exact) mass is 220 g/mol. The fourth-order valence-electron chi connectivity index (χ4n) is 3.21. The number of anilines is 1. The van der Waals surface area contributed by atoms with E-state index < -0.39 is 0 Å². The fraction of sp³-hybridized carbons (Fsp3) is 0.667. The van der Waals surface area contributed by atoms with Gasteiger partial charge in [-0.15, -0.1) is 0 Å². The molecule has 2 bridgehead atoms. The smallest absolute Gasteiger partial charge is 0.229 e. The predicted molar refractivity (Wildman–Crippen MR) is 58.8 cm³/mol. The molecule has 0 radical (unpaired) electrons. The van der Waals surface area contributed by atoms with Crippen molar-refractivity contribution in [3.8, 4) is 0 Å². The molecular weight excluding hydrogens is 204 g/mol. The molecule has 1 amide bonds. The van der Waals surface area contributed by atoms with Crippen LogP contribution in [0.3, 0.4) is 0 Å². The van der Waals surface area contributed by atoms with Gasteiger partial charge in [-0.2, -0.15) is 0 Å². The van der Waals surface area contributed by atoms with Crippen molar-refractivity contribution in [2.24, 2.45) is 17.8 Å². The summed E-state index contributed by atoms with van der Waals surface area (Å²) in [5.41, 5.74) is 0. The van der Waals surface area contributed by atoms with Crippen molar-refractivity contribution in [3.63, 3.8) is 0 Å². The third kappa shape index (κ3) is 1.62. The highest BCUT2D eigenvalue weighted by Gasteiger charge is 2.43. The van der Waals surface area contributed by atoms with Gasteiger partial charge >= 0.3 is 0 Å². The van der Waals surface area contributed by atoms with Gasteiger partial charge in [-0.05, 0) is 38.0 Å². The van der Waals surface area contributed by atoms with E-state index in [-0.39, 0.29) is 11.8 Å². The molecule has 2 aliphatic carbocycles. The van der Waals surface area contributed by atoms with Gasteiger partial charge in [-0.25, -0.2) is 0 Å². The van der Waals surface area contributed by atoms with E-state index in [0.29, 0.717) is 11.7 Å². The average molecular weight is 220 g/mol. The molecule has 4 heteroatoms. The Morgan fingerprint density at radius 2 is 2.38 bits per heavy atom. The molecule has 0 aromatic carbocycles. The number of fused-ring (bicyclic) bond motifs is 2. The first-order chi connectivity index (χ1) is 7.72. The Labute approximate surface area is 94.4 Å². The highest BCUT2D eigenvalue weighted by Crippen LogP contribution is 2.48. The first-order valence-electron chi connectivity index (χ1n) is 5.96. The molecule has 1 heterocycles. The summed E-state index contributed by atoms with van der Waals surface area (Å²) >= 11 is 0. The Morgan fingerprint density at radius 1 is 1.50 bits per heavy atom. The Morgan fingerprint density at radius 3 is 2.94 bits per heavy atom. The van der Waals surface area contributed by atoms with Gasteiger partial charge in [0, 0.05) is 12.0 Å². The highest BCUT2D eigenvalue weighted by molar-refractivity contribution is 5.92. The molecule has 3 unspecified atom stereocenters. The number of nitrogens with one attached hydrogen (secondary N) is 1. The van der Waals surface area contributed by atoms with Gasteiger partial charge in [-0.3, -0.25) is 4.79 Å². The van der Waals surface area contributed by atoms with Crippen LogP contribution in [0.2, 0.25) is 0 Å². The van der Waals surface area contributed by atoms with Crippen LogP contribution < -0.4 is 5.32 Å². The Bertz CT molecular complexity index is 413. The zero-order valence-corrected chi connectivity index (χ0v) is 9.40. The number of aromatic nitrogens is 1. The largest absolute Gasteiger partial charge is 0.360 e. The van der Waals surface area contributed by atoms with E-state index in [4.69, 9.17) is 4.52 Å². The first kappa shape index (κ1) is 9.87. The molecule has 2 aliphatic rings. The average Bonchev–Trinajstić information content (AvgIpc) is 2.93. The molecule has 0 aliphatic heterocycles. The van der Waals surface area contributed by atoms with Crippen molar-refractivity contribution in [2.45, 2.75) is 32.6 Å². The topological polar surface area (TPSA) is 55.1 Å². The lowest BCUT2D eigenvalue weighted by Gasteiger charge is -2.19. The number of amides is 1. The van der Waals surface area contributed by atoms with Crippen LogP contribution in [0.25, 0.3) is 0 Å². The summed E-state index contributed by atoms with van der Waals surface area (Å²) in [5, 5.41) is 6.63. The zero-order chi connectivity index (χ0) is 11.1. The van der Waals surface area contributed by atoms with Crippen LogP contribution in [-0.4, -0.2) is 11.1 Å². The maximum Gasteiger partial charge on any atom is 0.229 e. The van der Waals surface area contributed by atoms with Crippen LogP contribution in [-0.2, 0) is 4.79 Å². The van der Waals surface area contributed by atoms with E-state index in [2.05, 4.69) is 10.5 Å². The maximum atomic E-state index is 12.0. The van der Waals surface area contributed by atoms with E-state index >= 15 is 0 Å². The second kappa shape index (κ2) is 3.61. The van der Waals surface area contributed by atoms with Gasteiger partial charge in [0.15, 0.2) is 5.82 Å². The second-order valence-electron chi connectivity index (χ2n) is 5.09. The summed E-state index contributed by atoms with van der Waals surface area (Å²) in [6.07, 6.45) is 4.85. The van der Waals surface area contributed by atoms with Crippen molar-refractivity contribution >= 4 is 11.7 Å². The van der Waals surface area contributed by atoms with Crippen LogP contribution in [0.1, 0.15) is 31.4 Å². The fourth-order valence-corrected chi connectivity index (χ4v) is 3.21. The van der Waals surface area contributed by atoms with Gasteiger partial charge in [0.25, 0.3) is 0 Å². The maximum absolute atomic E-state index is 12.0. The Hall–Kier alpha value is -1.32. The Balaban J connectivity index is 1.65. The number of hydrogen-bond acceptors (Lipinski definition) is 3. The summed E-state index contributed by atoms with van der Waals surface area (Å²) < 4.78 is 4.93. The van der Waals surface area contributed by atoms with Crippen LogP contribution in [0.5, 0.6) is 0 Å². The number of carbonyl (C=O) groups excluding carboxylic acids is 1. The van der Waals surface area contributed by atoms with E-state index in [1.54, 1.807) is 6.07 Å². The zero-order valence-electron chi connectivity index (χ0n) is 9.40. The molecule has 0 saturated heterocycles. The summed E-state index contributed by atoms with van der Waals surface area (Å²) in [6, 6.07) is 1.76. The number of aryl methyl sites for hydroxylation is 1. The Kier molecular flexibility index (Phi) is 2.23. The standard InChI is InChI=1S/C12H16N2O2/c1-7-4-11(14-16-7)13-12(15)10-6-8-2-3-9(10)5-8/h4,8-10H,2-3,5-6H2,1H3,(H,13,14,15). The molecule has 0 spiro atoms. The van der Waals surface area contributed by atoms with Gasteiger partial charge in [0.05, 0.1) is 0 Å². The molecule has 2 fully saturated rings.